The summed E-state index contributed by atoms with van der Waals surface area (Å²) < 4.78 is 10.4. The van der Waals surface area contributed by atoms with Gasteiger partial charge in [-0.25, -0.2) is 0 Å². The molecule has 0 fully saturated rings. The van der Waals surface area contributed by atoms with Gasteiger partial charge in [-0.15, -0.1) is 0 Å². The second-order valence-electron chi connectivity index (χ2n) is 6.14. The van der Waals surface area contributed by atoms with Gasteiger partial charge in [-0.2, -0.15) is 0 Å². The van der Waals surface area contributed by atoms with Gasteiger partial charge in [0.05, 0.1) is 25.3 Å². The first-order chi connectivity index (χ1) is 14.1. The zero-order valence-corrected chi connectivity index (χ0v) is 16.1. The van der Waals surface area contributed by atoms with Crippen molar-refractivity contribution in [2.24, 2.45) is 0 Å². The maximum absolute atomic E-state index is 12.5. The smallest absolute Gasteiger partial charge is 0.257 e. The molecule has 2 N–H and O–H groups in total. The molecule has 3 aromatic rings. The van der Waals surface area contributed by atoms with E-state index in [-0.39, 0.29) is 22.9 Å². The molecule has 0 unspecified atom stereocenters. The summed E-state index contributed by atoms with van der Waals surface area (Å²) in [6.07, 6.45) is 2.83. The summed E-state index contributed by atoms with van der Waals surface area (Å²) in [5.74, 6) is 0.618. The molecule has 7 nitrogen and oxygen atoms in total. The van der Waals surface area contributed by atoms with E-state index in [0.29, 0.717) is 23.7 Å². The zero-order chi connectivity index (χ0) is 20.6. The van der Waals surface area contributed by atoms with Crippen molar-refractivity contribution < 1.29 is 19.1 Å². The third-order valence-corrected chi connectivity index (χ3v) is 4.22. The predicted octanol–water partition coefficient (Wildman–Crippen LogP) is 3.28. The Morgan fingerprint density at radius 1 is 0.897 bits per heavy atom. The number of nitrogens with zero attached hydrogens (tertiary/aromatic N) is 1. The maximum Gasteiger partial charge on any atom is 0.257 e. The highest BCUT2D eigenvalue weighted by atomic mass is 16.5. The summed E-state index contributed by atoms with van der Waals surface area (Å²) in [6.45, 7) is 0.295. The lowest BCUT2D eigenvalue weighted by molar-refractivity contribution is 0.0950. The number of pyridine rings is 1. The van der Waals surface area contributed by atoms with Crippen LogP contribution in [0.15, 0.2) is 67.0 Å². The van der Waals surface area contributed by atoms with Crippen LogP contribution in [-0.2, 0) is 6.54 Å². The molecule has 0 aliphatic carbocycles. The van der Waals surface area contributed by atoms with Gasteiger partial charge in [0.15, 0.2) is 0 Å². The lowest BCUT2D eigenvalue weighted by Gasteiger charge is -2.10. The molecule has 29 heavy (non-hydrogen) atoms. The Labute approximate surface area is 168 Å². The van der Waals surface area contributed by atoms with Crippen LogP contribution < -0.4 is 20.1 Å². The van der Waals surface area contributed by atoms with Gasteiger partial charge in [-0.3, -0.25) is 14.6 Å². The van der Waals surface area contributed by atoms with Crippen LogP contribution in [0.4, 0.5) is 5.69 Å². The minimum absolute atomic E-state index is 0.276. The van der Waals surface area contributed by atoms with Crippen molar-refractivity contribution in [3.8, 4) is 11.5 Å². The number of para-hydroxylation sites is 1. The summed E-state index contributed by atoms with van der Waals surface area (Å²) in [5, 5.41) is 5.58. The summed E-state index contributed by atoms with van der Waals surface area (Å²) in [6, 6.07) is 15.9. The van der Waals surface area contributed by atoms with E-state index < -0.39 is 0 Å². The first-order valence-electron chi connectivity index (χ1n) is 8.91. The van der Waals surface area contributed by atoms with Gasteiger partial charge in [0.25, 0.3) is 11.8 Å². The lowest BCUT2D eigenvalue weighted by atomic mass is 10.1. The molecule has 2 aromatic carbocycles. The molecule has 0 bridgehead atoms. The van der Waals surface area contributed by atoms with E-state index in [9.17, 15) is 9.59 Å². The van der Waals surface area contributed by atoms with Crippen molar-refractivity contribution in [1.82, 2.24) is 10.3 Å². The monoisotopic (exact) mass is 391 g/mol. The Morgan fingerprint density at radius 2 is 1.66 bits per heavy atom. The van der Waals surface area contributed by atoms with Gasteiger partial charge in [0.1, 0.15) is 11.5 Å². The highest BCUT2D eigenvalue weighted by Crippen LogP contribution is 2.18. The number of ether oxygens (including phenoxy) is 2. The zero-order valence-electron chi connectivity index (χ0n) is 16.1. The van der Waals surface area contributed by atoms with E-state index in [1.165, 1.54) is 18.5 Å². The molecular weight excluding hydrogens is 370 g/mol. The van der Waals surface area contributed by atoms with Crippen LogP contribution >= 0.6 is 0 Å². The summed E-state index contributed by atoms with van der Waals surface area (Å²) in [4.78, 5) is 29.0. The normalized spacial score (nSPS) is 10.1. The molecule has 3 rings (SSSR count). The van der Waals surface area contributed by atoms with Crippen LogP contribution in [0.1, 0.15) is 26.3 Å². The fourth-order valence-electron chi connectivity index (χ4n) is 2.72. The molecule has 148 valence electrons. The second kappa shape index (κ2) is 9.36. The number of benzene rings is 2. The average molecular weight is 391 g/mol. The Hall–Kier alpha value is -3.87. The highest BCUT2D eigenvalue weighted by Gasteiger charge is 2.13. The van der Waals surface area contributed by atoms with Gasteiger partial charge in [-0.05, 0) is 24.3 Å². The fraction of sp³-hybridized carbons (Fsp3) is 0.136. The number of methoxy groups -OCH3 is 2. The third kappa shape index (κ3) is 5.10. The van der Waals surface area contributed by atoms with Gasteiger partial charge in [0, 0.05) is 36.3 Å². The van der Waals surface area contributed by atoms with Gasteiger partial charge >= 0.3 is 0 Å². The van der Waals surface area contributed by atoms with Gasteiger partial charge < -0.3 is 20.1 Å². The van der Waals surface area contributed by atoms with Crippen LogP contribution in [0.5, 0.6) is 11.5 Å². The average Bonchev–Trinajstić information content (AvgIpc) is 2.77. The molecular formula is C22H21N3O4. The molecule has 0 aliphatic heterocycles. The quantitative estimate of drug-likeness (QED) is 0.645. The predicted molar refractivity (Wildman–Crippen MR) is 109 cm³/mol. The van der Waals surface area contributed by atoms with Crippen molar-refractivity contribution >= 4 is 17.5 Å². The number of hydrogen-bond donors (Lipinski definition) is 2. The lowest BCUT2D eigenvalue weighted by Crippen LogP contribution is -2.24. The van der Waals surface area contributed by atoms with Gasteiger partial charge in [0.2, 0.25) is 0 Å². The van der Waals surface area contributed by atoms with Crippen LogP contribution in [0.2, 0.25) is 0 Å². The van der Waals surface area contributed by atoms with Crippen LogP contribution in [0, 0.1) is 0 Å². The van der Waals surface area contributed by atoms with E-state index in [4.69, 9.17) is 9.47 Å². The van der Waals surface area contributed by atoms with Crippen LogP contribution in [0.25, 0.3) is 0 Å². The van der Waals surface area contributed by atoms with Crippen molar-refractivity contribution in [3.05, 3.63) is 83.7 Å². The third-order valence-electron chi connectivity index (χ3n) is 4.22. The van der Waals surface area contributed by atoms with E-state index in [0.717, 1.165) is 5.56 Å². The standard InChI is InChI=1S/C22H21N3O4/c1-28-19-8-5-7-18(11-19)25-22(27)17-10-16(12-23-13-17)21(26)24-14-15-6-3-4-9-20(15)29-2/h3-13H,14H2,1-2H3,(H,24,26)(H,25,27). The minimum Gasteiger partial charge on any atom is -0.497 e. The summed E-state index contributed by atoms with van der Waals surface area (Å²) >= 11 is 0. The van der Waals surface area contributed by atoms with E-state index >= 15 is 0 Å². The number of nitrogens with one attached hydrogen (secondary N) is 2. The maximum atomic E-state index is 12.5. The fourth-order valence-corrected chi connectivity index (χ4v) is 2.72. The number of hydrogen-bond acceptors (Lipinski definition) is 5. The Bertz CT molecular complexity index is 1020. The molecule has 0 saturated carbocycles. The first-order valence-corrected chi connectivity index (χ1v) is 8.91. The number of rotatable bonds is 7. The molecule has 0 saturated heterocycles. The van der Waals surface area contributed by atoms with Crippen LogP contribution in [0.3, 0.4) is 0 Å². The Balaban J connectivity index is 1.68. The van der Waals surface area contributed by atoms with E-state index in [1.54, 1.807) is 38.5 Å². The van der Waals surface area contributed by atoms with Gasteiger partial charge in [-0.1, -0.05) is 24.3 Å². The molecule has 0 spiro atoms. The Morgan fingerprint density at radius 3 is 2.41 bits per heavy atom. The summed E-state index contributed by atoms with van der Waals surface area (Å²) in [7, 11) is 3.13. The van der Waals surface area contributed by atoms with Crippen molar-refractivity contribution in [3.63, 3.8) is 0 Å². The van der Waals surface area contributed by atoms with Crippen molar-refractivity contribution in [2.75, 3.05) is 19.5 Å². The number of aromatic nitrogens is 1. The molecule has 1 aromatic heterocycles. The first kappa shape index (κ1) is 19.9. The van der Waals surface area contributed by atoms with Crippen LogP contribution in [-0.4, -0.2) is 31.0 Å². The number of anilines is 1. The molecule has 0 atom stereocenters. The molecule has 1 heterocycles. The number of carbonyl (C=O) groups is 2. The largest absolute Gasteiger partial charge is 0.497 e. The topological polar surface area (TPSA) is 89.5 Å². The summed E-state index contributed by atoms with van der Waals surface area (Å²) in [5.41, 5.74) is 2.00. The number of carbonyl (C=O) groups excluding carboxylic acids is 2. The van der Waals surface area contributed by atoms with E-state index in [2.05, 4.69) is 15.6 Å². The molecule has 0 aliphatic rings. The highest BCUT2D eigenvalue weighted by molar-refractivity contribution is 6.05. The molecule has 7 heteroatoms. The minimum atomic E-state index is -0.370. The van der Waals surface area contributed by atoms with Crippen molar-refractivity contribution in [1.29, 1.82) is 0 Å². The molecule has 2 amide bonds. The SMILES string of the molecule is COc1cccc(NC(=O)c2cncc(C(=O)NCc3ccccc3OC)c2)c1. The molecule has 0 radical (unpaired) electrons. The van der Waals surface area contributed by atoms with Crippen molar-refractivity contribution in [2.45, 2.75) is 6.54 Å². The van der Waals surface area contributed by atoms with E-state index in [1.807, 2.05) is 24.3 Å². The Kier molecular flexibility index (Phi) is 6.42. The second-order valence-corrected chi connectivity index (χ2v) is 6.14. The number of amides is 2.